The first-order valence-corrected chi connectivity index (χ1v) is 9.59. The molecule has 4 aliphatic carbocycles. The van der Waals surface area contributed by atoms with Gasteiger partial charge in [0, 0.05) is 12.6 Å². The molecule has 19 heavy (non-hydrogen) atoms. The van der Waals surface area contributed by atoms with Crippen molar-refractivity contribution >= 4 is 29.1 Å². The first-order chi connectivity index (χ1) is 9.26. The number of hydrogen-bond donors (Lipinski definition) is 2. The Morgan fingerprint density at radius 2 is 1.74 bits per heavy atom. The smallest absolute Gasteiger partial charge is 0.166 e. The van der Waals surface area contributed by atoms with Crippen molar-refractivity contribution < 1.29 is 0 Å². The van der Waals surface area contributed by atoms with Crippen LogP contribution in [0.25, 0.3) is 0 Å². The van der Waals surface area contributed by atoms with Crippen LogP contribution in [0.4, 0.5) is 0 Å². The van der Waals surface area contributed by atoms with E-state index in [2.05, 4.69) is 16.9 Å². The van der Waals surface area contributed by atoms with Crippen molar-refractivity contribution in [3.05, 3.63) is 0 Å². The molecule has 0 heterocycles. The van der Waals surface area contributed by atoms with Gasteiger partial charge >= 0.3 is 0 Å². The Labute approximate surface area is 126 Å². The second kappa shape index (κ2) is 6.21. The molecule has 4 bridgehead atoms. The highest BCUT2D eigenvalue weighted by atomic mass is 32.2. The van der Waals surface area contributed by atoms with Gasteiger partial charge in [-0.05, 0) is 86.4 Å². The summed E-state index contributed by atoms with van der Waals surface area (Å²) < 4.78 is 0. The Morgan fingerprint density at radius 3 is 2.32 bits per heavy atom. The van der Waals surface area contributed by atoms with E-state index in [0.717, 1.165) is 35.3 Å². The summed E-state index contributed by atoms with van der Waals surface area (Å²) in [6.07, 6.45) is 10.7. The fourth-order valence-electron chi connectivity index (χ4n) is 4.78. The number of thioether (sulfide) groups is 1. The summed E-state index contributed by atoms with van der Waals surface area (Å²) in [5.74, 6) is 5.12. The lowest BCUT2D eigenvalue weighted by Crippen LogP contribution is -2.57. The minimum Gasteiger partial charge on any atom is -0.363 e. The molecule has 0 atom stereocenters. The van der Waals surface area contributed by atoms with Gasteiger partial charge in [-0.3, -0.25) is 0 Å². The molecule has 2 nitrogen and oxygen atoms in total. The van der Waals surface area contributed by atoms with Gasteiger partial charge < -0.3 is 10.6 Å². The molecule has 0 saturated heterocycles. The monoisotopic (exact) mass is 298 g/mol. The maximum Gasteiger partial charge on any atom is 0.166 e. The topological polar surface area (TPSA) is 24.1 Å². The summed E-state index contributed by atoms with van der Waals surface area (Å²) in [6.45, 7) is 1.01. The summed E-state index contributed by atoms with van der Waals surface area (Å²) in [7, 11) is 0. The Bertz CT molecular complexity index is 304. The molecular weight excluding hydrogens is 272 g/mol. The van der Waals surface area contributed by atoms with Crippen LogP contribution in [0.5, 0.6) is 0 Å². The van der Waals surface area contributed by atoms with Gasteiger partial charge in [-0.2, -0.15) is 11.8 Å². The van der Waals surface area contributed by atoms with Crippen LogP contribution >= 0.6 is 24.0 Å². The van der Waals surface area contributed by atoms with Crippen LogP contribution in [0, 0.1) is 23.7 Å². The van der Waals surface area contributed by atoms with Crippen LogP contribution in [-0.2, 0) is 0 Å². The van der Waals surface area contributed by atoms with Crippen molar-refractivity contribution in [2.75, 3.05) is 18.6 Å². The molecule has 4 heteroatoms. The summed E-state index contributed by atoms with van der Waals surface area (Å²) in [4.78, 5) is 0. The first-order valence-electron chi connectivity index (χ1n) is 7.79. The Kier molecular flexibility index (Phi) is 4.58. The second-order valence-corrected chi connectivity index (χ2v) is 8.10. The zero-order valence-electron chi connectivity index (χ0n) is 11.9. The van der Waals surface area contributed by atoms with Crippen LogP contribution in [0.2, 0.25) is 0 Å². The lowest BCUT2D eigenvalue weighted by Gasteiger charge is -2.54. The highest BCUT2D eigenvalue weighted by molar-refractivity contribution is 7.98. The third-order valence-corrected chi connectivity index (χ3v) is 6.29. The predicted molar refractivity (Wildman–Crippen MR) is 87.6 cm³/mol. The van der Waals surface area contributed by atoms with Crippen LogP contribution in [0.3, 0.4) is 0 Å². The van der Waals surface area contributed by atoms with E-state index in [0.29, 0.717) is 6.04 Å². The van der Waals surface area contributed by atoms with E-state index in [4.69, 9.17) is 12.2 Å². The Hall–Kier alpha value is 0.0400. The van der Waals surface area contributed by atoms with E-state index in [-0.39, 0.29) is 0 Å². The van der Waals surface area contributed by atoms with E-state index in [1.165, 1.54) is 44.3 Å². The van der Waals surface area contributed by atoms with Crippen LogP contribution in [-0.4, -0.2) is 29.7 Å². The average molecular weight is 299 g/mol. The lowest BCUT2D eigenvalue weighted by atomic mass is 9.54. The molecule has 0 aromatic heterocycles. The lowest BCUT2D eigenvalue weighted by molar-refractivity contribution is -0.00693. The fourth-order valence-corrected chi connectivity index (χ4v) is 5.45. The number of thiocarbonyl (C=S) groups is 1. The van der Waals surface area contributed by atoms with E-state index >= 15 is 0 Å². The van der Waals surface area contributed by atoms with Gasteiger partial charge in [0.05, 0.1) is 0 Å². The second-order valence-electron chi connectivity index (χ2n) is 6.70. The molecular formula is C15H26N2S2. The molecule has 108 valence electrons. The quantitative estimate of drug-likeness (QED) is 0.602. The molecule has 0 aromatic rings. The number of hydrogen-bond acceptors (Lipinski definition) is 2. The summed E-state index contributed by atoms with van der Waals surface area (Å²) in [5.41, 5.74) is 0. The molecule has 2 N–H and O–H groups in total. The van der Waals surface area contributed by atoms with Crippen molar-refractivity contribution in [2.24, 2.45) is 23.7 Å². The zero-order valence-corrected chi connectivity index (χ0v) is 13.5. The molecule has 0 amide bonds. The minimum atomic E-state index is 0.674. The van der Waals surface area contributed by atoms with E-state index in [1.807, 2.05) is 11.8 Å². The standard InChI is InChI=1S/C15H26N2S2/c1-19-4-2-3-16-15(18)17-14-12-6-10-5-11(8-12)9-13(14)7-10/h10-14H,2-9H2,1H3,(H2,16,17,18). The van der Waals surface area contributed by atoms with Crippen LogP contribution < -0.4 is 10.6 Å². The third-order valence-electron chi connectivity index (χ3n) is 5.34. The molecule has 0 radical (unpaired) electrons. The van der Waals surface area contributed by atoms with Crippen molar-refractivity contribution in [1.82, 2.24) is 10.6 Å². The fraction of sp³-hybridized carbons (Fsp3) is 0.933. The Morgan fingerprint density at radius 1 is 1.11 bits per heavy atom. The summed E-state index contributed by atoms with van der Waals surface area (Å²) in [5, 5.41) is 7.94. The van der Waals surface area contributed by atoms with Crippen LogP contribution in [0.15, 0.2) is 0 Å². The van der Waals surface area contributed by atoms with Crippen molar-refractivity contribution in [3.8, 4) is 0 Å². The van der Waals surface area contributed by atoms with Crippen molar-refractivity contribution in [1.29, 1.82) is 0 Å². The van der Waals surface area contributed by atoms with Gasteiger partial charge in [0.1, 0.15) is 0 Å². The first kappa shape index (κ1) is 14.0. The van der Waals surface area contributed by atoms with Gasteiger partial charge in [0.15, 0.2) is 5.11 Å². The Balaban J connectivity index is 1.46. The maximum absolute atomic E-state index is 5.47. The number of rotatable bonds is 5. The molecule has 0 aliphatic heterocycles. The van der Waals surface area contributed by atoms with E-state index in [9.17, 15) is 0 Å². The minimum absolute atomic E-state index is 0.674. The normalized spacial score (nSPS) is 39.3. The van der Waals surface area contributed by atoms with Crippen LogP contribution in [0.1, 0.15) is 38.5 Å². The van der Waals surface area contributed by atoms with Gasteiger partial charge in [-0.1, -0.05) is 0 Å². The highest BCUT2D eigenvalue weighted by Crippen LogP contribution is 2.53. The predicted octanol–water partition coefficient (Wildman–Crippen LogP) is 3.03. The number of nitrogens with one attached hydrogen (secondary N) is 2. The van der Waals surface area contributed by atoms with Gasteiger partial charge in [-0.25, -0.2) is 0 Å². The van der Waals surface area contributed by atoms with Gasteiger partial charge in [0.25, 0.3) is 0 Å². The molecule has 4 aliphatic rings. The molecule has 4 rings (SSSR count). The SMILES string of the molecule is CSCCCNC(=S)NC1C2CC3CC(C2)CC1C3. The summed E-state index contributed by atoms with van der Waals surface area (Å²) >= 11 is 7.38. The van der Waals surface area contributed by atoms with Crippen molar-refractivity contribution in [3.63, 3.8) is 0 Å². The third kappa shape index (κ3) is 3.21. The zero-order chi connectivity index (χ0) is 13.2. The average Bonchev–Trinajstić information content (AvgIpc) is 2.38. The molecule has 0 unspecified atom stereocenters. The maximum atomic E-state index is 5.47. The largest absolute Gasteiger partial charge is 0.363 e. The molecule has 0 spiro atoms. The van der Waals surface area contributed by atoms with Crippen molar-refractivity contribution in [2.45, 2.75) is 44.6 Å². The summed E-state index contributed by atoms with van der Waals surface area (Å²) in [6, 6.07) is 0.674. The van der Waals surface area contributed by atoms with E-state index < -0.39 is 0 Å². The molecule has 0 aromatic carbocycles. The molecule has 4 saturated carbocycles. The highest BCUT2D eigenvalue weighted by Gasteiger charge is 2.48. The van der Waals surface area contributed by atoms with Gasteiger partial charge in [-0.15, -0.1) is 0 Å². The van der Waals surface area contributed by atoms with Gasteiger partial charge in [0.2, 0.25) is 0 Å². The van der Waals surface area contributed by atoms with E-state index in [1.54, 1.807) is 0 Å². The molecule has 4 fully saturated rings.